The minimum atomic E-state index is 0.525. The molecule has 0 amide bonds. The van der Waals surface area contributed by atoms with E-state index in [1.807, 2.05) is 25.1 Å². The Kier molecular flexibility index (Phi) is 4.36. The smallest absolute Gasteiger partial charge is 0.190 e. The van der Waals surface area contributed by atoms with E-state index in [9.17, 15) is 0 Å². The number of rotatable bonds is 4. The molecule has 0 saturated carbocycles. The number of aromatic nitrogens is 2. The van der Waals surface area contributed by atoms with Crippen LogP contribution in [0.15, 0.2) is 47.6 Å². The zero-order valence-corrected chi connectivity index (χ0v) is 11.0. The molecule has 92 valence electrons. The van der Waals surface area contributed by atoms with Crippen LogP contribution in [0.2, 0.25) is 0 Å². The Morgan fingerprint density at radius 3 is 2.72 bits per heavy atom. The van der Waals surface area contributed by atoms with Crippen LogP contribution in [-0.2, 0) is 0 Å². The summed E-state index contributed by atoms with van der Waals surface area (Å²) >= 11 is 1.58. The summed E-state index contributed by atoms with van der Waals surface area (Å²) in [7, 11) is 0. The Hall–Kier alpha value is -1.81. The zero-order valence-electron chi connectivity index (χ0n) is 10.2. The van der Waals surface area contributed by atoms with E-state index in [2.05, 4.69) is 34.3 Å². The van der Waals surface area contributed by atoms with Gasteiger partial charge in [-0.1, -0.05) is 54.2 Å². The van der Waals surface area contributed by atoms with Gasteiger partial charge in [0, 0.05) is 17.5 Å². The summed E-state index contributed by atoms with van der Waals surface area (Å²) in [6.45, 7) is 1.92. The number of anilines is 1. The first kappa shape index (κ1) is 12.6. The molecule has 0 aliphatic rings. The number of nitrogens with two attached hydrogens (primary N) is 1. The Morgan fingerprint density at radius 2 is 2.00 bits per heavy atom. The summed E-state index contributed by atoms with van der Waals surface area (Å²) in [4.78, 5) is 8.49. The van der Waals surface area contributed by atoms with Crippen molar-refractivity contribution >= 4 is 23.7 Å². The molecule has 1 aromatic heterocycles. The fourth-order valence-corrected chi connectivity index (χ4v) is 2.22. The second-order valence-corrected chi connectivity index (χ2v) is 4.83. The number of thioether (sulfide) groups is 1. The van der Waals surface area contributed by atoms with Gasteiger partial charge in [0.1, 0.15) is 5.82 Å². The maximum atomic E-state index is 5.67. The van der Waals surface area contributed by atoms with E-state index in [0.29, 0.717) is 5.82 Å². The first-order chi connectivity index (χ1) is 8.74. The van der Waals surface area contributed by atoms with Crippen LogP contribution < -0.4 is 5.73 Å². The molecule has 2 rings (SSSR count). The second-order valence-electron chi connectivity index (χ2n) is 3.84. The first-order valence-corrected chi connectivity index (χ1v) is 6.68. The quantitative estimate of drug-likeness (QED) is 0.675. The molecule has 2 aromatic rings. The minimum Gasteiger partial charge on any atom is -0.384 e. The van der Waals surface area contributed by atoms with E-state index in [0.717, 1.165) is 16.6 Å². The third-order valence-electron chi connectivity index (χ3n) is 2.27. The van der Waals surface area contributed by atoms with Crippen molar-refractivity contribution in [1.29, 1.82) is 0 Å². The number of nitrogen functional groups attached to an aromatic ring is 1. The van der Waals surface area contributed by atoms with Gasteiger partial charge >= 0.3 is 0 Å². The van der Waals surface area contributed by atoms with Gasteiger partial charge in [0.15, 0.2) is 5.16 Å². The van der Waals surface area contributed by atoms with E-state index < -0.39 is 0 Å². The van der Waals surface area contributed by atoms with Crippen LogP contribution in [0.3, 0.4) is 0 Å². The normalized spacial score (nSPS) is 10.9. The first-order valence-electron chi connectivity index (χ1n) is 5.69. The Morgan fingerprint density at radius 1 is 1.22 bits per heavy atom. The topological polar surface area (TPSA) is 51.8 Å². The number of nitrogens with zero attached hydrogens (tertiary/aromatic N) is 2. The van der Waals surface area contributed by atoms with E-state index in [-0.39, 0.29) is 0 Å². The lowest BCUT2D eigenvalue weighted by atomic mass is 10.2. The van der Waals surface area contributed by atoms with Crippen LogP contribution in [-0.4, -0.2) is 15.7 Å². The molecule has 18 heavy (non-hydrogen) atoms. The largest absolute Gasteiger partial charge is 0.384 e. The van der Waals surface area contributed by atoms with Crippen molar-refractivity contribution in [1.82, 2.24) is 9.97 Å². The Labute approximate surface area is 111 Å². The molecule has 1 aromatic carbocycles. The molecule has 4 heteroatoms. The number of benzene rings is 1. The third-order valence-corrected chi connectivity index (χ3v) is 3.07. The molecule has 3 nitrogen and oxygen atoms in total. The fourth-order valence-electron chi connectivity index (χ4n) is 1.50. The van der Waals surface area contributed by atoms with Gasteiger partial charge in [-0.05, 0) is 12.5 Å². The summed E-state index contributed by atoms with van der Waals surface area (Å²) in [6.07, 6.45) is 4.19. The van der Waals surface area contributed by atoms with Gasteiger partial charge in [0.2, 0.25) is 0 Å². The standard InChI is InChI=1S/C14H15N3S/c1-11-10-13(15)17-14(16-11)18-9-5-8-12-6-3-2-4-7-12/h2-8,10H,9H2,1H3,(H2,15,16,17)/b8-5+. The number of aryl methyl sites for hydroxylation is 1. The average Bonchev–Trinajstić information content (AvgIpc) is 2.35. The lowest BCUT2D eigenvalue weighted by Crippen LogP contribution is -1.96. The van der Waals surface area contributed by atoms with Crippen molar-refractivity contribution in [3.05, 3.63) is 53.7 Å². The van der Waals surface area contributed by atoms with Gasteiger partial charge in [0.25, 0.3) is 0 Å². The highest BCUT2D eigenvalue weighted by Crippen LogP contribution is 2.15. The predicted molar refractivity (Wildman–Crippen MR) is 77.4 cm³/mol. The average molecular weight is 257 g/mol. The molecule has 0 radical (unpaired) electrons. The van der Waals surface area contributed by atoms with Crippen molar-refractivity contribution in [2.24, 2.45) is 0 Å². The molecule has 0 atom stereocenters. The highest BCUT2D eigenvalue weighted by molar-refractivity contribution is 7.99. The summed E-state index contributed by atoms with van der Waals surface area (Å²) in [5.74, 6) is 1.36. The van der Waals surface area contributed by atoms with Crippen molar-refractivity contribution in [3.8, 4) is 0 Å². The summed E-state index contributed by atoms with van der Waals surface area (Å²) in [5.41, 5.74) is 7.77. The highest BCUT2D eigenvalue weighted by atomic mass is 32.2. The second kappa shape index (κ2) is 6.21. The summed E-state index contributed by atoms with van der Waals surface area (Å²) < 4.78 is 0. The van der Waals surface area contributed by atoms with Gasteiger partial charge in [-0.25, -0.2) is 9.97 Å². The molecule has 2 N–H and O–H groups in total. The summed E-state index contributed by atoms with van der Waals surface area (Å²) in [6, 6.07) is 12.0. The molecule has 0 saturated heterocycles. The van der Waals surface area contributed by atoms with Crippen LogP contribution in [0.5, 0.6) is 0 Å². The van der Waals surface area contributed by atoms with Crippen LogP contribution in [0, 0.1) is 6.92 Å². The molecule has 0 spiro atoms. The van der Waals surface area contributed by atoms with Crippen LogP contribution >= 0.6 is 11.8 Å². The monoisotopic (exact) mass is 257 g/mol. The molecule has 0 aliphatic carbocycles. The SMILES string of the molecule is Cc1cc(N)nc(SC/C=C/c2ccccc2)n1. The minimum absolute atomic E-state index is 0.525. The van der Waals surface area contributed by atoms with Gasteiger partial charge in [-0.15, -0.1) is 0 Å². The van der Waals surface area contributed by atoms with Crippen molar-refractivity contribution < 1.29 is 0 Å². The van der Waals surface area contributed by atoms with E-state index in [1.54, 1.807) is 17.8 Å². The van der Waals surface area contributed by atoms with Crippen LogP contribution in [0.4, 0.5) is 5.82 Å². The maximum absolute atomic E-state index is 5.67. The third kappa shape index (κ3) is 3.89. The molecule has 0 bridgehead atoms. The van der Waals surface area contributed by atoms with E-state index in [4.69, 9.17) is 5.73 Å². The van der Waals surface area contributed by atoms with E-state index >= 15 is 0 Å². The lowest BCUT2D eigenvalue weighted by molar-refractivity contribution is 0.942. The zero-order chi connectivity index (χ0) is 12.8. The lowest BCUT2D eigenvalue weighted by Gasteiger charge is -2.00. The van der Waals surface area contributed by atoms with Crippen molar-refractivity contribution in [3.63, 3.8) is 0 Å². The molecule has 1 heterocycles. The summed E-state index contributed by atoms with van der Waals surface area (Å²) in [5, 5.41) is 0.727. The van der Waals surface area contributed by atoms with E-state index in [1.165, 1.54) is 5.56 Å². The highest BCUT2D eigenvalue weighted by Gasteiger charge is 1.98. The predicted octanol–water partition coefficient (Wildman–Crippen LogP) is 3.17. The molecule has 0 unspecified atom stereocenters. The Bertz CT molecular complexity index is 518. The van der Waals surface area contributed by atoms with Crippen molar-refractivity contribution in [2.75, 3.05) is 11.5 Å². The number of hydrogen-bond acceptors (Lipinski definition) is 4. The molecule has 0 aliphatic heterocycles. The maximum Gasteiger partial charge on any atom is 0.190 e. The van der Waals surface area contributed by atoms with Gasteiger partial charge in [-0.3, -0.25) is 0 Å². The van der Waals surface area contributed by atoms with Gasteiger partial charge in [-0.2, -0.15) is 0 Å². The fraction of sp³-hybridized carbons (Fsp3) is 0.143. The van der Waals surface area contributed by atoms with Crippen LogP contribution in [0.1, 0.15) is 11.3 Å². The number of hydrogen-bond donors (Lipinski definition) is 1. The van der Waals surface area contributed by atoms with Gasteiger partial charge < -0.3 is 5.73 Å². The molecular formula is C14H15N3S. The molecule has 0 fully saturated rings. The molecular weight excluding hydrogens is 242 g/mol. The Balaban J connectivity index is 1.90. The van der Waals surface area contributed by atoms with Crippen molar-refractivity contribution in [2.45, 2.75) is 12.1 Å². The van der Waals surface area contributed by atoms with Gasteiger partial charge in [0.05, 0.1) is 0 Å². The van der Waals surface area contributed by atoms with Crippen LogP contribution in [0.25, 0.3) is 6.08 Å².